The maximum Gasteiger partial charge on any atom is 0.257 e. The van der Waals surface area contributed by atoms with Crippen LogP contribution in [0.4, 0.5) is 0 Å². The Balaban J connectivity index is 1.36. The van der Waals surface area contributed by atoms with E-state index in [-0.39, 0.29) is 11.8 Å². The Hall–Kier alpha value is -2.67. The van der Waals surface area contributed by atoms with Crippen LogP contribution < -0.4 is 0 Å². The van der Waals surface area contributed by atoms with Crippen LogP contribution in [0.2, 0.25) is 0 Å². The van der Waals surface area contributed by atoms with Gasteiger partial charge in [-0.05, 0) is 38.3 Å². The lowest BCUT2D eigenvalue weighted by Gasteiger charge is -2.35. The minimum Gasteiger partial charge on any atom is -0.342 e. The number of hydrogen-bond donors (Lipinski definition) is 0. The number of nitrogens with zero attached hydrogens (tertiary/aromatic N) is 5. The lowest BCUT2D eigenvalue weighted by Crippen LogP contribution is -2.51. The topological polar surface area (TPSA) is 61.7 Å². The van der Waals surface area contributed by atoms with Crippen LogP contribution in [0.3, 0.4) is 0 Å². The molecule has 2 amide bonds. The Morgan fingerprint density at radius 2 is 1.53 bits per heavy atom. The van der Waals surface area contributed by atoms with Crippen LogP contribution in [0.25, 0.3) is 5.69 Å². The van der Waals surface area contributed by atoms with Crippen LogP contribution in [-0.4, -0.2) is 82.1 Å². The number of benzene rings is 1. The third-order valence-electron chi connectivity index (χ3n) is 6.69. The number of likely N-dealkylation sites (tertiary alicyclic amines) is 1. The predicted octanol–water partition coefficient (Wildman–Crippen LogP) is 2.90. The summed E-state index contributed by atoms with van der Waals surface area (Å²) in [5.74, 6) is 0.276. The highest BCUT2D eigenvalue weighted by Crippen LogP contribution is 2.19. The molecule has 0 radical (unpaired) electrons. The molecular formula is C25H35N5O2. The minimum absolute atomic E-state index is 0.0405. The molecule has 0 unspecified atom stereocenters. The van der Waals surface area contributed by atoms with E-state index in [1.54, 1.807) is 6.20 Å². The Labute approximate surface area is 191 Å². The van der Waals surface area contributed by atoms with Gasteiger partial charge in [0.25, 0.3) is 5.91 Å². The van der Waals surface area contributed by atoms with Crippen molar-refractivity contribution in [2.45, 2.75) is 46.0 Å². The molecule has 0 saturated carbocycles. The fourth-order valence-corrected chi connectivity index (χ4v) is 4.69. The molecule has 0 atom stereocenters. The molecule has 7 nitrogen and oxygen atoms in total. The number of carbonyl (C=O) groups is 2. The van der Waals surface area contributed by atoms with Gasteiger partial charge in [-0.15, -0.1) is 0 Å². The molecular weight excluding hydrogens is 402 g/mol. The van der Waals surface area contributed by atoms with Crippen molar-refractivity contribution in [1.29, 1.82) is 0 Å². The van der Waals surface area contributed by atoms with Crippen LogP contribution >= 0.6 is 0 Å². The highest BCUT2D eigenvalue weighted by atomic mass is 16.2. The van der Waals surface area contributed by atoms with Crippen LogP contribution in [0.1, 0.15) is 54.2 Å². The van der Waals surface area contributed by atoms with Crippen LogP contribution in [0, 0.1) is 6.92 Å². The Morgan fingerprint density at radius 3 is 2.16 bits per heavy atom. The fourth-order valence-electron chi connectivity index (χ4n) is 4.69. The molecule has 0 aliphatic carbocycles. The quantitative estimate of drug-likeness (QED) is 0.722. The lowest BCUT2D eigenvalue weighted by atomic mass is 10.1. The second-order valence-electron chi connectivity index (χ2n) is 8.97. The van der Waals surface area contributed by atoms with Gasteiger partial charge in [-0.25, -0.2) is 4.68 Å². The molecule has 4 rings (SSSR count). The van der Waals surface area contributed by atoms with Crippen molar-refractivity contribution in [3.05, 3.63) is 47.3 Å². The number of rotatable bonds is 5. The fraction of sp³-hybridized carbons (Fsp3) is 0.560. The third-order valence-corrected chi connectivity index (χ3v) is 6.69. The summed E-state index contributed by atoms with van der Waals surface area (Å²) in [5, 5.41) is 4.53. The minimum atomic E-state index is 0.0405. The highest BCUT2D eigenvalue weighted by Gasteiger charge is 2.27. The average Bonchev–Trinajstić information content (AvgIpc) is 3.04. The van der Waals surface area contributed by atoms with E-state index in [1.165, 1.54) is 18.4 Å². The van der Waals surface area contributed by atoms with Gasteiger partial charge in [0.2, 0.25) is 5.91 Å². The molecule has 2 fully saturated rings. The summed E-state index contributed by atoms with van der Waals surface area (Å²) in [7, 11) is 0. The van der Waals surface area contributed by atoms with Crippen molar-refractivity contribution in [2.24, 2.45) is 0 Å². The predicted molar refractivity (Wildman–Crippen MR) is 125 cm³/mol. The van der Waals surface area contributed by atoms with E-state index < -0.39 is 0 Å². The van der Waals surface area contributed by atoms with Crippen LogP contribution in [0.15, 0.2) is 30.5 Å². The smallest absolute Gasteiger partial charge is 0.257 e. The number of piperazine rings is 1. The first kappa shape index (κ1) is 22.5. The van der Waals surface area contributed by atoms with E-state index in [9.17, 15) is 9.59 Å². The molecule has 7 heteroatoms. The monoisotopic (exact) mass is 437 g/mol. The van der Waals surface area contributed by atoms with Crippen molar-refractivity contribution in [3.63, 3.8) is 0 Å². The van der Waals surface area contributed by atoms with Gasteiger partial charge in [0, 0.05) is 39.3 Å². The van der Waals surface area contributed by atoms with E-state index in [2.05, 4.69) is 36.0 Å². The summed E-state index contributed by atoms with van der Waals surface area (Å²) >= 11 is 0. The van der Waals surface area contributed by atoms with Crippen molar-refractivity contribution in [1.82, 2.24) is 24.5 Å². The number of aryl methyl sites for hydroxylation is 1. The second-order valence-corrected chi connectivity index (χ2v) is 8.97. The summed E-state index contributed by atoms with van der Waals surface area (Å²) in [6.45, 7) is 9.12. The van der Waals surface area contributed by atoms with E-state index in [4.69, 9.17) is 0 Å². The first-order valence-corrected chi connectivity index (χ1v) is 12.0. The Bertz CT molecular complexity index is 920. The number of aromatic nitrogens is 2. The van der Waals surface area contributed by atoms with Crippen molar-refractivity contribution < 1.29 is 9.59 Å². The lowest BCUT2D eigenvalue weighted by molar-refractivity contribution is -0.132. The molecule has 32 heavy (non-hydrogen) atoms. The van der Waals surface area contributed by atoms with Crippen LogP contribution in [-0.2, 0) is 11.2 Å². The highest BCUT2D eigenvalue weighted by molar-refractivity contribution is 5.95. The summed E-state index contributed by atoms with van der Waals surface area (Å²) in [6, 6.07) is 8.19. The number of carbonyl (C=O) groups excluding carboxylic acids is 2. The Kier molecular flexibility index (Phi) is 7.25. The molecule has 1 aromatic carbocycles. The summed E-state index contributed by atoms with van der Waals surface area (Å²) < 4.78 is 1.88. The molecule has 0 spiro atoms. The van der Waals surface area contributed by atoms with Gasteiger partial charge < -0.3 is 9.80 Å². The largest absolute Gasteiger partial charge is 0.342 e. The maximum absolute atomic E-state index is 13.3. The summed E-state index contributed by atoms with van der Waals surface area (Å²) in [6.07, 6.45) is 7.12. The van der Waals surface area contributed by atoms with Gasteiger partial charge >= 0.3 is 0 Å². The molecule has 2 aromatic rings. The molecule has 172 valence electrons. The maximum atomic E-state index is 13.3. The molecule has 3 heterocycles. The number of amides is 2. The molecule has 0 bridgehead atoms. The molecule has 2 aliphatic heterocycles. The van der Waals surface area contributed by atoms with Gasteiger partial charge in [-0.3, -0.25) is 14.5 Å². The zero-order valence-corrected chi connectivity index (χ0v) is 19.4. The normalized spacial score (nSPS) is 17.9. The van der Waals surface area contributed by atoms with Crippen LogP contribution in [0.5, 0.6) is 0 Å². The molecule has 2 saturated heterocycles. The summed E-state index contributed by atoms with van der Waals surface area (Å²) in [5.41, 5.74) is 3.80. The zero-order chi connectivity index (χ0) is 22.5. The van der Waals surface area contributed by atoms with Gasteiger partial charge in [-0.2, -0.15) is 5.10 Å². The van der Waals surface area contributed by atoms with Crippen molar-refractivity contribution in [2.75, 3.05) is 45.8 Å². The van der Waals surface area contributed by atoms with E-state index in [1.807, 2.05) is 26.6 Å². The van der Waals surface area contributed by atoms with Crippen molar-refractivity contribution >= 4 is 11.8 Å². The first-order chi connectivity index (χ1) is 15.6. The molecule has 2 aliphatic rings. The van der Waals surface area contributed by atoms with Gasteiger partial charge in [0.05, 0.1) is 29.7 Å². The standard InChI is InChI=1S/C25H35N5O2/c1-3-23-22(18-26-30(23)21-10-8-20(2)9-11-21)25(32)29-16-14-27(15-17-29)19-24(31)28-12-6-4-5-7-13-28/h8-11,18H,3-7,12-17,19H2,1-2H3. The SMILES string of the molecule is CCc1c(C(=O)N2CCN(CC(=O)N3CCCCCC3)CC2)cnn1-c1ccc(C)cc1. The van der Waals surface area contributed by atoms with Gasteiger partial charge in [0.15, 0.2) is 0 Å². The van der Waals surface area contributed by atoms with Gasteiger partial charge in [0.1, 0.15) is 0 Å². The second kappa shape index (κ2) is 10.3. The van der Waals surface area contributed by atoms with E-state index >= 15 is 0 Å². The summed E-state index contributed by atoms with van der Waals surface area (Å²) in [4.78, 5) is 32.1. The zero-order valence-electron chi connectivity index (χ0n) is 19.4. The number of hydrogen-bond acceptors (Lipinski definition) is 4. The van der Waals surface area contributed by atoms with E-state index in [0.717, 1.165) is 56.8 Å². The molecule has 1 aromatic heterocycles. The van der Waals surface area contributed by atoms with Crippen molar-refractivity contribution in [3.8, 4) is 5.69 Å². The molecule has 0 N–H and O–H groups in total. The van der Waals surface area contributed by atoms with Gasteiger partial charge in [-0.1, -0.05) is 37.5 Å². The average molecular weight is 438 g/mol. The third kappa shape index (κ3) is 5.04. The van der Waals surface area contributed by atoms with E-state index in [0.29, 0.717) is 25.2 Å². The first-order valence-electron chi connectivity index (χ1n) is 12.0. The Morgan fingerprint density at radius 1 is 0.875 bits per heavy atom.